The highest BCUT2D eigenvalue weighted by Gasteiger charge is 2.22. The van der Waals surface area contributed by atoms with Gasteiger partial charge < -0.3 is 24.3 Å². The number of rotatable bonds is 4. The highest BCUT2D eigenvalue weighted by atomic mass is 16.5. The molecule has 0 radical (unpaired) electrons. The van der Waals surface area contributed by atoms with Gasteiger partial charge in [0.25, 0.3) is 0 Å². The van der Waals surface area contributed by atoms with Gasteiger partial charge in [-0.3, -0.25) is 0 Å². The van der Waals surface area contributed by atoms with Gasteiger partial charge >= 0.3 is 0 Å². The number of aromatic nitrogens is 4. The highest BCUT2D eigenvalue weighted by molar-refractivity contribution is 5.48. The van der Waals surface area contributed by atoms with Gasteiger partial charge in [0.2, 0.25) is 11.9 Å². The van der Waals surface area contributed by atoms with E-state index in [0.29, 0.717) is 0 Å². The van der Waals surface area contributed by atoms with E-state index in [0.717, 1.165) is 89.1 Å². The molecule has 160 valence electrons. The van der Waals surface area contributed by atoms with Gasteiger partial charge in [0.15, 0.2) is 0 Å². The molecule has 0 bridgehead atoms. The lowest BCUT2D eigenvalue weighted by molar-refractivity contribution is 0.122. The van der Waals surface area contributed by atoms with Crippen LogP contribution in [0.5, 0.6) is 0 Å². The van der Waals surface area contributed by atoms with Crippen molar-refractivity contribution in [1.82, 2.24) is 19.9 Å². The third-order valence-corrected chi connectivity index (χ3v) is 6.12. The fraction of sp³-hybridized carbons (Fsp3) is 0.619. The van der Waals surface area contributed by atoms with Crippen LogP contribution < -0.4 is 19.6 Å². The SMILES string of the molecule is c1cc(N2CCN(c3nccc(N4CCCCC4)n3)CC2)nc(N2CCOCC2)n1. The molecular formula is C21H30N8O. The predicted molar refractivity (Wildman–Crippen MR) is 118 cm³/mol. The number of morpholine rings is 1. The molecule has 2 aromatic heterocycles. The molecule has 0 atom stereocenters. The maximum atomic E-state index is 5.44. The van der Waals surface area contributed by atoms with Crippen LogP contribution in [0.25, 0.3) is 0 Å². The van der Waals surface area contributed by atoms with E-state index in [9.17, 15) is 0 Å². The van der Waals surface area contributed by atoms with E-state index < -0.39 is 0 Å². The second kappa shape index (κ2) is 8.99. The van der Waals surface area contributed by atoms with E-state index in [-0.39, 0.29) is 0 Å². The molecule has 3 aliphatic heterocycles. The Bertz CT molecular complexity index is 760. The normalized spacial score (nSPS) is 20.5. The van der Waals surface area contributed by atoms with Gasteiger partial charge in [-0.2, -0.15) is 9.97 Å². The Morgan fingerprint density at radius 1 is 0.567 bits per heavy atom. The monoisotopic (exact) mass is 410 g/mol. The third kappa shape index (κ3) is 4.26. The number of piperidine rings is 1. The van der Waals surface area contributed by atoms with E-state index >= 15 is 0 Å². The molecule has 9 nitrogen and oxygen atoms in total. The van der Waals surface area contributed by atoms with Crippen LogP contribution >= 0.6 is 0 Å². The molecule has 0 unspecified atom stereocenters. The average molecular weight is 411 g/mol. The average Bonchev–Trinajstić information content (AvgIpc) is 2.85. The summed E-state index contributed by atoms with van der Waals surface area (Å²) >= 11 is 0. The van der Waals surface area contributed by atoms with E-state index in [1.165, 1.54) is 19.3 Å². The lowest BCUT2D eigenvalue weighted by atomic mass is 10.1. The van der Waals surface area contributed by atoms with Gasteiger partial charge in [0, 0.05) is 64.8 Å². The summed E-state index contributed by atoms with van der Waals surface area (Å²) < 4.78 is 5.44. The van der Waals surface area contributed by atoms with Gasteiger partial charge in [0.05, 0.1) is 13.2 Å². The predicted octanol–water partition coefficient (Wildman–Crippen LogP) is 1.42. The van der Waals surface area contributed by atoms with Crippen molar-refractivity contribution < 1.29 is 4.74 Å². The molecule has 0 aromatic carbocycles. The molecule has 3 fully saturated rings. The van der Waals surface area contributed by atoms with Crippen molar-refractivity contribution in [3.05, 3.63) is 24.5 Å². The second-order valence-corrected chi connectivity index (χ2v) is 8.05. The number of piperazine rings is 1. The van der Waals surface area contributed by atoms with E-state index in [4.69, 9.17) is 14.7 Å². The summed E-state index contributed by atoms with van der Waals surface area (Å²) in [5.74, 6) is 3.70. The number of hydrogen-bond acceptors (Lipinski definition) is 9. The number of hydrogen-bond donors (Lipinski definition) is 0. The Kier molecular flexibility index (Phi) is 5.78. The maximum Gasteiger partial charge on any atom is 0.227 e. The zero-order valence-corrected chi connectivity index (χ0v) is 17.5. The number of nitrogens with zero attached hydrogens (tertiary/aromatic N) is 8. The molecule has 0 spiro atoms. The van der Waals surface area contributed by atoms with Crippen molar-refractivity contribution in [1.29, 1.82) is 0 Å². The Balaban J connectivity index is 1.22. The first-order chi connectivity index (χ1) is 14.9. The minimum Gasteiger partial charge on any atom is -0.378 e. The van der Waals surface area contributed by atoms with E-state index in [1.54, 1.807) is 0 Å². The molecule has 0 N–H and O–H groups in total. The maximum absolute atomic E-state index is 5.44. The molecule has 5 heterocycles. The lowest BCUT2D eigenvalue weighted by Gasteiger charge is -2.36. The van der Waals surface area contributed by atoms with Gasteiger partial charge in [-0.15, -0.1) is 0 Å². The van der Waals surface area contributed by atoms with Crippen LogP contribution in [-0.4, -0.2) is 85.5 Å². The Morgan fingerprint density at radius 3 is 1.67 bits per heavy atom. The van der Waals surface area contributed by atoms with Crippen LogP contribution in [0.3, 0.4) is 0 Å². The van der Waals surface area contributed by atoms with Crippen LogP contribution in [0, 0.1) is 0 Å². The van der Waals surface area contributed by atoms with Crippen LogP contribution in [0.15, 0.2) is 24.5 Å². The lowest BCUT2D eigenvalue weighted by Crippen LogP contribution is -2.47. The molecule has 9 heteroatoms. The molecule has 3 aliphatic rings. The van der Waals surface area contributed by atoms with Crippen LogP contribution in [-0.2, 0) is 4.74 Å². The Labute approximate surface area is 177 Å². The van der Waals surface area contributed by atoms with Gasteiger partial charge in [0.1, 0.15) is 11.6 Å². The van der Waals surface area contributed by atoms with Crippen molar-refractivity contribution >= 4 is 23.5 Å². The smallest absolute Gasteiger partial charge is 0.227 e. The summed E-state index contributed by atoms with van der Waals surface area (Å²) in [4.78, 5) is 27.9. The summed E-state index contributed by atoms with van der Waals surface area (Å²) in [6.07, 6.45) is 7.60. The van der Waals surface area contributed by atoms with Crippen molar-refractivity contribution in [2.45, 2.75) is 19.3 Å². The molecular weight excluding hydrogens is 380 g/mol. The minimum atomic E-state index is 0.739. The number of ether oxygens (including phenoxy) is 1. The fourth-order valence-corrected chi connectivity index (χ4v) is 4.36. The van der Waals surface area contributed by atoms with Gasteiger partial charge in [-0.05, 0) is 31.4 Å². The van der Waals surface area contributed by atoms with Gasteiger partial charge in [-0.1, -0.05) is 0 Å². The number of anilines is 4. The molecule has 2 aromatic rings. The quantitative estimate of drug-likeness (QED) is 0.744. The highest BCUT2D eigenvalue weighted by Crippen LogP contribution is 2.22. The summed E-state index contributed by atoms with van der Waals surface area (Å²) in [7, 11) is 0. The zero-order chi connectivity index (χ0) is 20.2. The molecule has 30 heavy (non-hydrogen) atoms. The Hall–Kier alpha value is -2.68. The van der Waals surface area contributed by atoms with Crippen LogP contribution in [0.4, 0.5) is 23.5 Å². The van der Waals surface area contributed by atoms with Crippen molar-refractivity contribution in [3.8, 4) is 0 Å². The van der Waals surface area contributed by atoms with E-state index in [2.05, 4.69) is 29.6 Å². The molecule has 3 saturated heterocycles. The molecule has 0 saturated carbocycles. The summed E-state index contributed by atoms with van der Waals surface area (Å²) in [6, 6.07) is 4.05. The zero-order valence-electron chi connectivity index (χ0n) is 17.5. The first-order valence-corrected chi connectivity index (χ1v) is 11.1. The van der Waals surface area contributed by atoms with Crippen LogP contribution in [0.2, 0.25) is 0 Å². The molecule has 0 amide bonds. The third-order valence-electron chi connectivity index (χ3n) is 6.12. The summed E-state index contributed by atoms with van der Waals surface area (Å²) in [6.45, 7) is 8.95. The van der Waals surface area contributed by atoms with Crippen LogP contribution in [0.1, 0.15) is 19.3 Å². The topological polar surface area (TPSA) is 73.8 Å². The summed E-state index contributed by atoms with van der Waals surface area (Å²) in [5, 5.41) is 0. The first-order valence-electron chi connectivity index (χ1n) is 11.1. The van der Waals surface area contributed by atoms with Crippen molar-refractivity contribution in [2.24, 2.45) is 0 Å². The molecule has 5 rings (SSSR count). The summed E-state index contributed by atoms with van der Waals surface area (Å²) in [5.41, 5.74) is 0. The second-order valence-electron chi connectivity index (χ2n) is 8.05. The van der Waals surface area contributed by atoms with Crippen molar-refractivity contribution in [3.63, 3.8) is 0 Å². The fourth-order valence-electron chi connectivity index (χ4n) is 4.36. The minimum absolute atomic E-state index is 0.739. The standard InChI is InChI=1S/C21H30N8O/c1-2-8-26(9-3-1)18-4-6-22-20(24-18)28-12-10-27(11-13-28)19-5-7-23-21(25-19)29-14-16-30-17-15-29/h4-7H,1-3,8-17H2. The van der Waals surface area contributed by atoms with Gasteiger partial charge in [-0.25, -0.2) is 9.97 Å². The van der Waals surface area contributed by atoms with E-state index in [1.807, 2.05) is 24.5 Å². The first kappa shape index (κ1) is 19.3. The largest absolute Gasteiger partial charge is 0.378 e. The van der Waals surface area contributed by atoms with Crippen molar-refractivity contribution in [2.75, 3.05) is 85.2 Å². The molecule has 0 aliphatic carbocycles. The Morgan fingerprint density at radius 2 is 1.07 bits per heavy atom.